The van der Waals surface area contributed by atoms with Gasteiger partial charge >= 0.3 is 6.09 Å². The number of hydrogen-bond acceptors (Lipinski definition) is 7. The van der Waals surface area contributed by atoms with Gasteiger partial charge < -0.3 is 24.4 Å². The maximum Gasteiger partial charge on any atom is 0.412 e. The molecule has 2 aromatic rings. The number of aliphatic hydroxyl groups excluding tert-OH is 2. The molecular formula is C22H29NO6S. The Morgan fingerprint density at radius 3 is 2.33 bits per heavy atom. The molecule has 0 radical (unpaired) electrons. The van der Waals surface area contributed by atoms with Crippen molar-refractivity contribution < 1.29 is 29.2 Å². The van der Waals surface area contributed by atoms with Crippen molar-refractivity contribution in [3.05, 3.63) is 54.1 Å². The molecule has 0 aliphatic rings. The van der Waals surface area contributed by atoms with E-state index in [2.05, 4.69) is 5.32 Å². The molecule has 164 valence electrons. The fourth-order valence-electron chi connectivity index (χ4n) is 2.88. The van der Waals surface area contributed by atoms with E-state index < -0.39 is 18.3 Å². The van der Waals surface area contributed by atoms with Gasteiger partial charge in [-0.2, -0.15) is 0 Å². The largest absolute Gasteiger partial charge is 0.491 e. The molecule has 0 unspecified atom stereocenters. The summed E-state index contributed by atoms with van der Waals surface area (Å²) in [5.41, 5.74) is 1.34. The van der Waals surface area contributed by atoms with Gasteiger partial charge in [0, 0.05) is 30.2 Å². The van der Waals surface area contributed by atoms with Crippen molar-refractivity contribution in [2.45, 2.75) is 30.4 Å². The highest BCUT2D eigenvalue weighted by atomic mass is 32.2. The van der Waals surface area contributed by atoms with Gasteiger partial charge in [-0.3, -0.25) is 5.32 Å². The third-order valence-corrected chi connectivity index (χ3v) is 5.01. The molecule has 0 bridgehead atoms. The summed E-state index contributed by atoms with van der Waals surface area (Å²) in [7, 11) is 0. The Morgan fingerprint density at radius 1 is 1.07 bits per heavy atom. The van der Waals surface area contributed by atoms with Gasteiger partial charge in [0.15, 0.2) is 6.10 Å². The molecule has 0 aliphatic heterocycles. The molecule has 2 aromatic carbocycles. The molecule has 0 aromatic heterocycles. The highest BCUT2D eigenvalue weighted by Gasteiger charge is 2.27. The van der Waals surface area contributed by atoms with Crippen LogP contribution in [0.4, 0.5) is 10.5 Å². The Hall–Kier alpha value is -2.26. The lowest BCUT2D eigenvalue weighted by atomic mass is 10.0. The van der Waals surface area contributed by atoms with E-state index in [0.29, 0.717) is 30.0 Å². The second kappa shape index (κ2) is 13.1. The summed E-state index contributed by atoms with van der Waals surface area (Å²) < 4.78 is 16.8. The SMILES string of the molecule is CCO[C@@H](CCO)[C@@H](OC(=O)Nc1ccc(SC)cc1)c1ccc(OCCO)cc1. The van der Waals surface area contributed by atoms with Crippen molar-refractivity contribution in [2.75, 3.05) is 38.0 Å². The number of anilines is 1. The predicted molar refractivity (Wildman–Crippen MR) is 117 cm³/mol. The number of rotatable bonds is 12. The molecule has 0 fully saturated rings. The molecular weight excluding hydrogens is 406 g/mol. The van der Waals surface area contributed by atoms with Gasteiger partial charge in [-0.15, -0.1) is 11.8 Å². The third kappa shape index (κ3) is 7.53. The standard InChI is InChI=1S/C22H29NO6S/c1-3-27-20(12-13-24)21(16-4-8-18(9-5-16)28-15-14-25)29-22(26)23-17-6-10-19(30-2)11-7-17/h4-11,20-21,24-25H,3,12-15H2,1-2H3,(H,23,26)/t20-,21-/m0/s1. The molecule has 0 spiro atoms. The van der Waals surface area contributed by atoms with Crippen molar-refractivity contribution in [3.63, 3.8) is 0 Å². The summed E-state index contributed by atoms with van der Waals surface area (Å²) in [6, 6.07) is 14.5. The minimum Gasteiger partial charge on any atom is -0.491 e. The van der Waals surface area contributed by atoms with Gasteiger partial charge in [-0.05, 0) is 55.1 Å². The van der Waals surface area contributed by atoms with Gasteiger partial charge in [-0.1, -0.05) is 12.1 Å². The molecule has 0 saturated carbocycles. The lowest BCUT2D eigenvalue weighted by Crippen LogP contribution is -2.29. The maximum atomic E-state index is 12.6. The van der Waals surface area contributed by atoms with E-state index in [1.165, 1.54) is 0 Å². The first-order valence-electron chi connectivity index (χ1n) is 9.79. The molecule has 8 heteroatoms. The van der Waals surface area contributed by atoms with Gasteiger partial charge in [0.05, 0.1) is 6.61 Å². The third-order valence-electron chi connectivity index (χ3n) is 4.27. The van der Waals surface area contributed by atoms with Crippen LogP contribution in [0.25, 0.3) is 0 Å². The van der Waals surface area contributed by atoms with E-state index in [1.807, 2.05) is 37.4 Å². The molecule has 30 heavy (non-hydrogen) atoms. The van der Waals surface area contributed by atoms with Crippen molar-refractivity contribution in [3.8, 4) is 5.75 Å². The summed E-state index contributed by atoms with van der Waals surface area (Å²) in [6.07, 6.45) is 0.469. The summed E-state index contributed by atoms with van der Waals surface area (Å²) >= 11 is 1.62. The van der Waals surface area contributed by atoms with E-state index in [0.717, 1.165) is 4.90 Å². The molecule has 2 rings (SSSR count). The Kier molecular flexibility index (Phi) is 10.5. The Bertz CT molecular complexity index is 747. The van der Waals surface area contributed by atoms with E-state index in [1.54, 1.807) is 36.0 Å². The minimum atomic E-state index is -0.713. The summed E-state index contributed by atoms with van der Waals surface area (Å²) in [6.45, 7) is 2.29. The van der Waals surface area contributed by atoms with E-state index in [4.69, 9.17) is 19.3 Å². The van der Waals surface area contributed by atoms with Crippen LogP contribution in [0.5, 0.6) is 5.75 Å². The van der Waals surface area contributed by atoms with Crippen LogP contribution in [0.2, 0.25) is 0 Å². The fourth-order valence-corrected chi connectivity index (χ4v) is 3.28. The van der Waals surface area contributed by atoms with Crippen LogP contribution >= 0.6 is 11.8 Å². The van der Waals surface area contributed by atoms with E-state index >= 15 is 0 Å². The molecule has 1 amide bonds. The zero-order chi connectivity index (χ0) is 21.8. The lowest BCUT2D eigenvalue weighted by molar-refractivity contribution is -0.0484. The van der Waals surface area contributed by atoms with Gasteiger partial charge in [0.1, 0.15) is 18.5 Å². The van der Waals surface area contributed by atoms with Crippen LogP contribution in [0.15, 0.2) is 53.4 Å². The molecule has 0 saturated heterocycles. The van der Waals surface area contributed by atoms with E-state index in [9.17, 15) is 9.90 Å². The Labute approximate surface area is 181 Å². The molecule has 0 aliphatic carbocycles. The number of benzene rings is 2. The second-order valence-corrected chi connectivity index (χ2v) is 7.21. The second-order valence-electron chi connectivity index (χ2n) is 6.33. The van der Waals surface area contributed by atoms with Crippen molar-refractivity contribution in [2.24, 2.45) is 0 Å². The maximum absolute atomic E-state index is 12.6. The first-order chi connectivity index (χ1) is 14.6. The van der Waals surface area contributed by atoms with Crippen molar-refractivity contribution >= 4 is 23.5 Å². The number of ether oxygens (including phenoxy) is 3. The normalized spacial score (nSPS) is 12.8. The molecule has 2 atom stereocenters. The van der Waals surface area contributed by atoms with Crippen molar-refractivity contribution in [1.82, 2.24) is 0 Å². The predicted octanol–water partition coefficient (Wildman–Crippen LogP) is 3.86. The van der Waals surface area contributed by atoms with Gasteiger partial charge in [0.25, 0.3) is 0 Å². The van der Waals surface area contributed by atoms with Crippen LogP contribution < -0.4 is 10.1 Å². The van der Waals surface area contributed by atoms with Crippen LogP contribution in [0.1, 0.15) is 25.0 Å². The first-order valence-corrected chi connectivity index (χ1v) is 11.0. The zero-order valence-corrected chi connectivity index (χ0v) is 18.1. The Balaban J connectivity index is 2.16. The molecule has 3 N–H and O–H groups in total. The van der Waals surface area contributed by atoms with Gasteiger partial charge in [-0.25, -0.2) is 4.79 Å². The summed E-state index contributed by atoms with van der Waals surface area (Å²) in [5, 5.41) is 21.0. The van der Waals surface area contributed by atoms with Crippen LogP contribution in [0, 0.1) is 0 Å². The van der Waals surface area contributed by atoms with Crippen LogP contribution in [0.3, 0.4) is 0 Å². The van der Waals surface area contributed by atoms with Crippen molar-refractivity contribution in [1.29, 1.82) is 0 Å². The van der Waals surface area contributed by atoms with E-state index in [-0.39, 0.29) is 19.8 Å². The molecule has 0 heterocycles. The lowest BCUT2D eigenvalue weighted by Gasteiger charge is -2.27. The first kappa shape index (κ1) is 24.0. The smallest absolute Gasteiger partial charge is 0.412 e. The van der Waals surface area contributed by atoms with Crippen LogP contribution in [-0.2, 0) is 9.47 Å². The highest BCUT2D eigenvalue weighted by Crippen LogP contribution is 2.28. The quantitative estimate of drug-likeness (QED) is 0.436. The number of aliphatic hydroxyl groups is 2. The van der Waals surface area contributed by atoms with Gasteiger partial charge in [0.2, 0.25) is 0 Å². The number of nitrogens with one attached hydrogen (secondary N) is 1. The monoisotopic (exact) mass is 435 g/mol. The topological polar surface area (TPSA) is 97.2 Å². The number of carbonyl (C=O) groups excluding carboxylic acids is 1. The number of amides is 1. The summed E-state index contributed by atoms with van der Waals surface area (Å²) in [5.74, 6) is 0.597. The number of hydrogen-bond donors (Lipinski definition) is 3. The summed E-state index contributed by atoms with van der Waals surface area (Å²) in [4.78, 5) is 13.7. The molecule has 7 nitrogen and oxygen atoms in total. The number of thioether (sulfide) groups is 1. The van der Waals surface area contributed by atoms with Crippen LogP contribution in [-0.4, -0.2) is 55.1 Å². The Morgan fingerprint density at radius 2 is 1.77 bits per heavy atom. The minimum absolute atomic E-state index is 0.0749. The highest BCUT2D eigenvalue weighted by molar-refractivity contribution is 7.98. The zero-order valence-electron chi connectivity index (χ0n) is 17.2. The fraction of sp³-hybridized carbons (Fsp3) is 0.409. The number of carbonyl (C=O) groups is 1. The average Bonchev–Trinajstić information content (AvgIpc) is 2.77. The average molecular weight is 436 g/mol.